The number of aliphatic hydroxyl groups is 1. The van der Waals surface area contributed by atoms with Gasteiger partial charge in [-0.05, 0) is 54.2 Å². The van der Waals surface area contributed by atoms with Crippen LogP contribution in [0.25, 0.3) is 11.1 Å². The Balaban J connectivity index is 1.44. The predicted molar refractivity (Wildman–Crippen MR) is 158 cm³/mol. The minimum Gasteiger partial charge on any atom is -0.488 e. The third kappa shape index (κ3) is 6.62. The van der Waals surface area contributed by atoms with E-state index in [0.29, 0.717) is 57.2 Å². The van der Waals surface area contributed by atoms with E-state index in [2.05, 4.69) is 10.3 Å². The second kappa shape index (κ2) is 13.2. The van der Waals surface area contributed by atoms with E-state index in [4.69, 9.17) is 21.1 Å². The molecule has 0 fully saturated rings. The number of carboxylic acids is 1. The van der Waals surface area contributed by atoms with Crippen molar-refractivity contribution in [3.05, 3.63) is 111 Å². The molecule has 43 heavy (non-hydrogen) atoms. The Morgan fingerprint density at radius 1 is 1.19 bits per heavy atom. The first kappa shape index (κ1) is 30.0. The van der Waals surface area contributed by atoms with Crippen LogP contribution in [0.15, 0.2) is 67.0 Å². The number of aromatic nitrogens is 1. The van der Waals surface area contributed by atoms with Crippen LogP contribution >= 0.6 is 11.6 Å². The van der Waals surface area contributed by atoms with Gasteiger partial charge in [-0.3, -0.25) is 15.1 Å². The fourth-order valence-corrected chi connectivity index (χ4v) is 5.42. The topological polar surface area (TPSA) is 125 Å². The van der Waals surface area contributed by atoms with Crippen LogP contribution in [0.3, 0.4) is 0 Å². The number of halogens is 2. The maximum atomic E-state index is 15.0. The molecule has 1 unspecified atom stereocenters. The number of fused-ring (bicyclic) bond motifs is 1. The lowest BCUT2D eigenvalue weighted by molar-refractivity contribution is -0.140. The summed E-state index contributed by atoms with van der Waals surface area (Å²) in [5.74, 6) is -0.687. The second-order valence-electron chi connectivity index (χ2n) is 10.3. The molecule has 1 aliphatic carbocycles. The van der Waals surface area contributed by atoms with E-state index in [1.165, 1.54) is 6.20 Å². The minimum absolute atomic E-state index is 0.0427. The zero-order chi connectivity index (χ0) is 30.5. The highest BCUT2D eigenvalue weighted by atomic mass is 35.5. The number of nitrogens with one attached hydrogen (secondary N) is 1. The van der Waals surface area contributed by atoms with E-state index in [-0.39, 0.29) is 25.1 Å². The van der Waals surface area contributed by atoms with Crippen molar-refractivity contribution in [2.24, 2.45) is 0 Å². The largest absolute Gasteiger partial charge is 0.488 e. The molecule has 3 N–H and O–H groups in total. The number of pyridine rings is 1. The zero-order valence-corrected chi connectivity index (χ0v) is 24.1. The highest BCUT2D eigenvalue weighted by molar-refractivity contribution is 6.32. The highest BCUT2D eigenvalue weighted by Crippen LogP contribution is 2.43. The van der Waals surface area contributed by atoms with Crippen molar-refractivity contribution in [1.29, 1.82) is 5.26 Å². The summed E-state index contributed by atoms with van der Waals surface area (Å²) >= 11 is 6.67. The Labute approximate surface area is 253 Å². The van der Waals surface area contributed by atoms with E-state index < -0.39 is 18.6 Å². The van der Waals surface area contributed by atoms with Crippen molar-refractivity contribution >= 4 is 17.6 Å². The van der Waals surface area contributed by atoms with Gasteiger partial charge in [-0.25, -0.2) is 4.39 Å². The van der Waals surface area contributed by atoms with E-state index in [0.717, 1.165) is 16.7 Å². The van der Waals surface area contributed by atoms with Gasteiger partial charge in [-0.2, -0.15) is 5.26 Å². The Hall–Kier alpha value is -4.49. The molecule has 0 amide bonds. The molecule has 0 spiro atoms. The molecule has 220 valence electrons. The Kier molecular flexibility index (Phi) is 9.22. The normalized spacial score (nSPS) is 14.5. The average Bonchev–Trinajstić information content (AvgIpc) is 3.42. The summed E-state index contributed by atoms with van der Waals surface area (Å²) in [6.07, 6.45) is 4.07. The number of aryl methyl sites for hydroxylation is 1. The van der Waals surface area contributed by atoms with Gasteiger partial charge in [0.25, 0.3) is 0 Å². The second-order valence-corrected chi connectivity index (χ2v) is 10.7. The predicted octanol–water partition coefficient (Wildman–Crippen LogP) is 5.90. The van der Waals surface area contributed by atoms with Crippen LogP contribution in [0.5, 0.6) is 11.5 Å². The summed E-state index contributed by atoms with van der Waals surface area (Å²) in [4.78, 5) is 15.5. The Bertz CT molecular complexity index is 1710. The van der Waals surface area contributed by atoms with Gasteiger partial charge in [-0.1, -0.05) is 48.0 Å². The molecular formula is C33H29ClFN3O5. The molecule has 1 aromatic heterocycles. The van der Waals surface area contributed by atoms with Gasteiger partial charge in [0.2, 0.25) is 0 Å². The van der Waals surface area contributed by atoms with Gasteiger partial charge < -0.3 is 19.7 Å². The van der Waals surface area contributed by atoms with Crippen LogP contribution in [0.1, 0.15) is 45.9 Å². The minimum atomic E-state index is -1.19. The fraction of sp³-hybridized carbons (Fsp3) is 0.242. The van der Waals surface area contributed by atoms with Crippen molar-refractivity contribution in [3.8, 4) is 28.7 Å². The molecule has 2 atom stereocenters. The van der Waals surface area contributed by atoms with Crippen molar-refractivity contribution in [2.45, 2.75) is 45.1 Å². The molecule has 10 heteroatoms. The van der Waals surface area contributed by atoms with E-state index >= 15 is 4.39 Å². The van der Waals surface area contributed by atoms with Gasteiger partial charge in [0.15, 0.2) is 0 Å². The molecule has 3 aromatic carbocycles. The number of nitrogens with zero attached hydrogens (tertiary/aromatic N) is 2. The van der Waals surface area contributed by atoms with Crippen LogP contribution in [-0.2, 0) is 24.4 Å². The molecule has 5 rings (SSSR count). The number of nitriles is 1. The number of hydrogen-bond donors (Lipinski definition) is 3. The fourth-order valence-electron chi connectivity index (χ4n) is 5.19. The van der Waals surface area contributed by atoms with E-state index in [9.17, 15) is 20.3 Å². The molecule has 0 bridgehead atoms. The lowest BCUT2D eigenvalue weighted by Gasteiger charge is -2.20. The summed E-state index contributed by atoms with van der Waals surface area (Å²) < 4.78 is 27.5. The zero-order valence-electron chi connectivity index (χ0n) is 23.3. The molecule has 0 saturated carbocycles. The lowest BCUT2D eigenvalue weighted by atomic mass is 9.95. The number of hydrogen-bond acceptors (Lipinski definition) is 7. The van der Waals surface area contributed by atoms with Crippen LogP contribution in [0.4, 0.5) is 4.39 Å². The smallest absolute Gasteiger partial charge is 0.323 e. The monoisotopic (exact) mass is 601 g/mol. The molecule has 0 radical (unpaired) electrons. The number of carboxylic acid groups (broad SMARTS) is 1. The summed E-state index contributed by atoms with van der Waals surface area (Å²) in [5.41, 5.74) is 5.55. The van der Waals surface area contributed by atoms with E-state index in [1.807, 2.05) is 30.3 Å². The molecule has 1 aliphatic rings. The van der Waals surface area contributed by atoms with Crippen molar-refractivity contribution < 1.29 is 28.9 Å². The average molecular weight is 602 g/mol. The van der Waals surface area contributed by atoms with E-state index in [1.54, 1.807) is 43.5 Å². The molecular weight excluding hydrogens is 573 g/mol. The van der Waals surface area contributed by atoms with Crippen LogP contribution < -0.4 is 14.8 Å². The van der Waals surface area contributed by atoms with Gasteiger partial charge in [0.05, 0.1) is 17.2 Å². The first-order valence-corrected chi connectivity index (χ1v) is 14.1. The number of ether oxygens (including phenoxy) is 2. The lowest BCUT2D eigenvalue weighted by Crippen LogP contribution is -2.39. The first-order chi connectivity index (χ1) is 20.8. The number of rotatable bonds is 11. The Morgan fingerprint density at radius 3 is 2.74 bits per heavy atom. The quantitative estimate of drug-likeness (QED) is 0.194. The standard InChI is InChI=1S/C33H29ClFN3O5/c1-19-4-2-7-26(32(19)35)23-5-3-6-25-24(23)8-9-29(25)43-31-12-30(42-18-21-10-20(13-36)14-37-15-21)22(11-27(31)34)16-38-28(17-39)33(40)41/h2-7,10-12,14-15,28-29,38-39H,8-9,16-18H2,1H3,(H,40,41)/t28?,29-/m0/s1. The molecule has 0 aliphatic heterocycles. The van der Waals surface area contributed by atoms with Gasteiger partial charge in [0, 0.05) is 41.7 Å². The van der Waals surface area contributed by atoms with Crippen molar-refractivity contribution in [3.63, 3.8) is 0 Å². The molecule has 1 heterocycles. The highest BCUT2D eigenvalue weighted by Gasteiger charge is 2.28. The number of benzene rings is 3. The number of aliphatic carboxylic acids is 1. The maximum Gasteiger partial charge on any atom is 0.323 e. The third-order valence-corrected chi connectivity index (χ3v) is 7.72. The van der Waals surface area contributed by atoms with Crippen LogP contribution in [0.2, 0.25) is 5.02 Å². The van der Waals surface area contributed by atoms with Crippen molar-refractivity contribution in [2.75, 3.05) is 6.61 Å². The number of aliphatic hydroxyl groups excluding tert-OH is 1. The SMILES string of the molecule is Cc1cccc(-c2cccc3c2CC[C@@H]3Oc2cc(OCc3cncc(C#N)c3)c(CNC(CO)C(=O)O)cc2Cl)c1F. The maximum absolute atomic E-state index is 15.0. The first-order valence-electron chi connectivity index (χ1n) is 13.7. The van der Waals surface area contributed by atoms with Crippen LogP contribution in [-0.4, -0.2) is 33.8 Å². The molecule has 0 saturated heterocycles. The third-order valence-electron chi connectivity index (χ3n) is 7.42. The summed E-state index contributed by atoms with van der Waals surface area (Å²) in [5, 5.41) is 31.0. The summed E-state index contributed by atoms with van der Waals surface area (Å²) in [6.45, 7) is 1.28. The number of carbonyl (C=O) groups is 1. The molecule has 4 aromatic rings. The van der Waals surface area contributed by atoms with Gasteiger partial charge >= 0.3 is 5.97 Å². The summed E-state index contributed by atoms with van der Waals surface area (Å²) in [7, 11) is 0. The van der Waals surface area contributed by atoms with Gasteiger partial charge in [0.1, 0.15) is 42.1 Å². The Morgan fingerprint density at radius 2 is 1.98 bits per heavy atom. The molecule has 8 nitrogen and oxygen atoms in total. The van der Waals surface area contributed by atoms with Crippen LogP contribution in [0, 0.1) is 24.1 Å². The summed E-state index contributed by atoms with van der Waals surface area (Å²) in [6, 6.07) is 17.0. The van der Waals surface area contributed by atoms with Crippen molar-refractivity contribution in [1.82, 2.24) is 10.3 Å². The van der Waals surface area contributed by atoms with Gasteiger partial charge in [-0.15, -0.1) is 0 Å².